The van der Waals surface area contributed by atoms with Gasteiger partial charge >= 0.3 is 0 Å². The van der Waals surface area contributed by atoms with Crippen molar-refractivity contribution in [2.24, 2.45) is 0 Å². The lowest BCUT2D eigenvalue weighted by atomic mass is 9.95. The van der Waals surface area contributed by atoms with Crippen LogP contribution in [0.3, 0.4) is 0 Å². The first kappa shape index (κ1) is 20.7. The number of carbonyl (C=O) groups excluding carboxylic acids is 1. The number of rotatable bonds is 4. The first-order chi connectivity index (χ1) is 14.6. The maximum absolute atomic E-state index is 12.7. The highest BCUT2D eigenvalue weighted by atomic mass is 16.5. The molecule has 30 heavy (non-hydrogen) atoms. The Balaban J connectivity index is 1.48. The Bertz CT molecular complexity index is 887. The normalized spacial score (nSPS) is 18.0. The Morgan fingerprint density at radius 3 is 2.43 bits per heavy atom. The summed E-state index contributed by atoms with van der Waals surface area (Å²) in [5.74, 6) is 2.20. The number of morpholine rings is 1. The van der Waals surface area contributed by atoms with Gasteiger partial charge in [-0.3, -0.25) is 9.78 Å². The molecule has 0 unspecified atom stereocenters. The van der Waals surface area contributed by atoms with Gasteiger partial charge in [-0.15, -0.1) is 0 Å². The maximum atomic E-state index is 12.7. The Morgan fingerprint density at radius 2 is 1.80 bits per heavy atom. The van der Waals surface area contributed by atoms with E-state index in [1.807, 2.05) is 11.8 Å². The minimum Gasteiger partial charge on any atom is -0.378 e. The summed E-state index contributed by atoms with van der Waals surface area (Å²) in [6.45, 7) is 10.7. The molecule has 8 nitrogen and oxygen atoms in total. The standard InChI is InChI=1S/C22H30N6O2/c1-4-18-16(3)25-20(26-21(18)27-9-11-30-12-10-27)17-5-7-28(8-6-17)22(29)19-14-23-15(2)13-24-19/h13-14,17H,4-12H2,1-3H3. The smallest absolute Gasteiger partial charge is 0.274 e. The zero-order valence-corrected chi connectivity index (χ0v) is 18.1. The fraction of sp³-hybridized carbons (Fsp3) is 0.591. The van der Waals surface area contributed by atoms with Gasteiger partial charge in [0.2, 0.25) is 0 Å². The number of hydrogen-bond donors (Lipinski definition) is 0. The van der Waals surface area contributed by atoms with Gasteiger partial charge in [0.25, 0.3) is 5.91 Å². The molecule has 0 radical (unpaired) electrons. The molecule has 2 aliphatic rings. The molecule has 0 bridgehead atoms. The zero-order valence-electron chi connectivity index (χ0n) is 18.1. The van der Waals surface area contributed by atoms with Gasteiger partial charge in [0, 0.05) is 49.6 Å². The molecule has 0 saturated carbocycles. The summed E-state index contributed by atoms with van der Waals surface area (Å²) in [6.07, 6.45) is 5.84. The molecule has 2 aromatic heterocycles. The van der Waals surface area contributed by atoms with Crippen LogP contribution >= 0.6 is 0 Å². The summed E-state index contributed by atoms with van der Waals surface area (Å²) in [5.41, 5.74) is 3.51. The van der Waals surface area contributed by atoms with Crippen LogP contribution in [0.2, 0.25) is 0 Å². The van der Waals surface area contributed by atoms with E-state index < -0.39 is 0 Å². The van der Waals surface area contributed by atoms with E-state index in [1.165, 1.54) is 5.56 Å². The molecule has 0 N–H and O–H groups in total. The average Bonchev–Trinajstić information content (AvgIpc) is 2.79. The summed E-state index contributed by atoms with van der Waals surface area (Å²) in [6, 6.07) is 0. The molecule has 0 atom stereocenters. The fourth-order valence-electron chi connectivity index (χ4n) is 4.24. The molecule has 1 amide bonds. The van der Waals surface area contributed by atoms with Crippen molar-refractivity contribution in [2.75, 3.05) is 44.3 Å². The van der Waals surface area contributed by atoms with Gasteiger partial charge in [0.15, 0.2) is 0 Å². The van der Waals surface area contributed by atoms with Crippen molar-refractivity contribution in [3.05, 3.63) is 40.9 Å². The minimum atomic E-state index is -0.0478. The number of ether oxygens (including phenoxy) is 1. The van der Waals surface area contributed by atoms with Crippen molar-refractivity contribution in [3.8, 4) is 0 Å². The molecule has 0 aliphatic carbocycles. The van der Waals surface area contributed by atoms with Gasteiger partial charge in [-0.05, 0) is 33.1 Å². The highest BCUT2D eigenvalue weighted by molar-refractivity contribution is 5.92. The largest absolute Gasteiger partial charge is 0.378 e. The number of anilines is 1. The van der Waals surface area contributed by atoms with Crippen LogP contribution in [-0.2, 0) is 11.2 Å². The monoisotopic (exact) mass is 410 g/mol. The SMILES string of the molecule is CCc1c(C)nc(C2CCN(C(=O)c3cnc(C)cn3)CC2)nc1N1CCOCC1. The second-order valence-corrected chi connectivity index (χ2v) is 8.03. The molecule has 2 aromatic rings. The molecule has 0 aromatic carbocycles. The van der Waals surface area contributed by atoms with E-state index in [0.29, 0.717) is 18.8 Å². The Hall–Kier alpha value is -2.61. The van der Waals surface area contributed by atoms with Gasteiger partial charge in [0.05, 0.1) is 25.1 Å². The second-order valence-electron chi connectivity index (χ2n) is 8.03. The molecular weight excluding hydrogens is 380 g/mol. The zero-order chi connectivity index (χ0) is 21.1. The van der Waals surface area contributed by atoms with E-state index in [9.17, 15) is 4.79 Å². The van der Waals surface area contributed by atoms with Crippen molar-refractivity contribution in [1.29, 1.82) is 0 Å². The van der Waals surface area contributed by atoms with Crippen molar-refractivity contribution < 1.29 is 9.53 Å². The van der Waals surface area contributed by atoms with Gasteiger partial charge in [-0.25, -0.2) is 15.0 Å². The van der Waals surface area contributed by atoms with Crippen LogP contribution in [0.25, 0.3) is 0 Å². The van der Waals surface area contributed by atoms with E-state index in [0.717, 1.165) is 68.6 Å². The van der Waals surface area contributed by atoms with E-state index in [1.54, 1.807) is 12.4 Å². The van der Waals surface area contributed by atoms with Crippen LogP contribution in [0.15, 0.2) is 12.4 Å². The van der Waals surface area contributed by atoms with Crippen LogP contribution in [0.1, 0.15) is 58.9 Å². The number of carbonyl (C=O) groups is 1. The third-order valence-electron chi connectivity index (χ3n) is 6.02. The number of aryl methyl sites for hydroxylation is 2. The van der Waals surface area contributed by atoms with Gasteiger partial charge < -0.3 is 14.5 Å². The quantitative estimate of drug-likeness (QED) is 0.765. The van der Waals surface area contributed by atoms with Crippen LogP contribution in [0.4, 0.5) is 5.82 Å². The number of likely N-dealkylation sites (tertiary alicyclic amines) is 1. The minimum absolute atomic E-state index is 0.0478. The Morgan fingerprint density at radius 1 is 1.07 bits per heavy atom. The molecule has 160 valence electrons. The number of aromatic nitrogens is 4. The summed E-state index contributed by atoms with van der Waals surface area (Å²) in [4.78, 5) is 35.2. The lowest BCUT2D eigenvalue weighted by Gasteiger charge is -2.33. The van der Waals surface area contributed by atoms with E-state index >= 15 is 0 Å². The molecule has 4 rings (SSSR count). The topological polar surface area (TPSA) is 84.3 Å². The summed E-state index contributed by atoms with van der Waals surface area (Å²) >= 11 is 0. The first-order valence-corrected chi connectivity index (χ1v) is 10.8. The maximum Gasteiger partial charge on any atom is 0.274 e. The third kappa shape index (κ3) is 4.28. The predicted molar refractivity (Wildman–Crippen MR) is 114 cm³/mol. The molecule has 2 saturated heterocycles. The lowest BCUT2D eigenvalue weighted by molar-refractivity contribution is 0.0704. The fourth-order valence-corrected chi connectivity index (χ4v) is 4.24. The molecule has 2 fully saturated rings. The van der Waals surface area contributed by atoms with E-state index in [2.05, 4.69) is 28.7 Å². The van der Waals surface area contributed by atoms with Crippen LogP contribution in [0, 0.1) is 13.8 Å². The van der Waals surface area contributed by atoms with Crippen LogP contribution in [0.5, 0.6) is 0 Å². The van der Waals surface area contributed by atoms with Gasteiger partial charge in [-0.1, -0.05) is 6.92 Å². The summed E-state index contributed by atoms with van der Waals surface area (Å²) in [7, 11) is 0. The summed E-state index contributed by atoms with van der Waals surface area (Å²) < 4.78 is 5.52. The van der Waals surface area contributed by atoms with E-state index in [4.69, 9.17) is 14.7 Å². The molecule has 2 aliphatic heterocycles. The third-order valence-corrected chi connectivity index (χ3v) is 6.02. The highest BCUT2D eigenvalue weighted by Crippen LogP contribution is 2.30. The molecule has 4 heterocycles. The van der Waals surface area contributed by atoms with Gasteiger partial charge in [-0.2, -0.15) is 0 Å². The van der Waals surface area contributed by atoms with Crippen LogP contribution in [-0.4, -0.2) is 70.1 Å². The number of amides is 1. The lowest BCUT2D eigenvalue weighted by Crippen LogP contribution is -2.39. The Kier molecular flexibility index (Phi) is 6.22. The number of nitrogens with zero attached hydrogens (tertiary/aromatic N) is 6. The predicted octanol–water partition coefficient (Wildman–Crippen LogP) is 2.30. The molecule has 8 heteroatoms. The number of piperidine rings is 1. The van der Waals surface area contributed by atoms with Crippen molar-refractivity contribution in [2.45, 2.75) is 46.0 Å². The summed E-state index contributed by atoms with van der Waals surface area (Å²) in [5, 5.41) is 0. The van der Waals surface area contributed by atoms with E-state index in [-0.39, 0.29) is 11.8 Å². The number of hydrogen-bond acceptors (Lipinski definition) is 7. The van der Waals surface area contributed by atoms with Crippen molar-refractivity contribution in [3.63, 3.8) is 0 Å². The van der Waals surface area contributed by atoms with Crippen LogP contribution < -0.4 is 4.90 Å². The Labute approximate surface area is 177 Å². The molecule has 0 spiro atoms. The van der Waals surface area contributed by atoms with Crippen molar-refractivity contribution >= 4 is 11.7 Å². The average molecular weight is 411 g/mol. The van der Waals surface area contributed by atoms with Gasteiger partial charge in [0.1, 0.15) is 17.3 Å². The highest BCUT2D eigenvalue weighted by Gasteiger charge is 2.28. The molecular formula is C22H30N6O2. The second kappa shape index (κ2) is 9.04. The first-order valence-electron chi connectivity index (χ1n) is 10.8. The van der Waals surface area contributed by atoms with Crippen molar-refractivity contribution in [1.82, 2.24) is 24.8 Å².